The third kappa shape index (κ3) is 12.7. The van der Waals surface area contributed by atoms with E-state index in [1.807, 2.05) is 66.7 Å². The van der Waals surface area contributed by atoms with Crippen LogP contribution in [0, 0.1) is 0 Å². The third-order valence-electron chi connectivity index (χ3n) is 14.5. The number of Topliss-reactive ketones (excluding diaryl/α,β-unsaturated/α-hetero) is 2. The van der Waals surface area contributed by atoms with Gasteiger partial charge in [-0.15, -0.1) is 22.7 Å². The molecule has 0 fully saturated rings. The number of unbranched alkanes of at least 4 members (excludes halogenated alkanes) is 1. The van der Waals surface area contributed by atoms with Crippen LogP contribution in [0.4, 0.5) is 16.2 Å². The number of carboxylic acid groups (broad SMARTS) is 1. The van der Waals surface area contributed by atoms with Gasteiger partial charge in [-0.2, -0.15) is 0 Å². The molecule has 0 spiro atoms. The quantitative estimate of drug-likeness (QED) is 0.0962. The fraction of sp³-hybridized carbons (Fsp3) is 0.379. The maximum absolute atomic E-state index is 12.3. The molecule has 0 aliphatic carbocycles. The standard InChI is InChI=1S/C19H22N4O2S.C17H17N3O2S.C16H15N3O3S.C6H8N2OS/c1-3-4-5-16(24)12-6-7-15-14(10-12)20-18(23(15)2)22-19-21-13-8-9-25-11-17(13)26-19;1-10(21)11-3-4-14-13(7-11)18-16(20(14)2)8-17-19-12-5-6-22-9-15(12)23-17;1-19-12-3-2-9(16(20)21)6-11(12)17-14(19)7-15-18-10-4-5-22-8-13(10)23-15;7-6-8-4-1-2-9-3-5(4)10-6/h6-7,10H,3-5,8-9,11H2,1-2H3,(H,20,21,22);3-4,7H,5-6,8-9H2,1-2H3;2-3,6H,4-5,7-8H2,1H3,(H,20,21);1-3H2,(H2,7,8). The molecule has 4 aliphatic rings. The van der Waals surface area contributed by atoms with Gasteiger partial charge in [0.1, 0.15) is 21.7 Å². The number of hydrogen-bond acceptors (Lipinski definition) is 20. The van der Waals surface area contributed by atoms with Crippen molar-refractivity contribution in [3.05, 3.63) is 135 Å². The van der Waals surface area contributed by atoms with E-state index in [0.717, 1.165) is 148 Å². The average molecular weight is 1180 g/mol. The number of rotatable bonds is 12. The summed E-state index contributed by atoms with van der Waals surface area (Å²) < 4.78 is 27.7. The van der Waals surface area contributed by atoms with Gasteiger partial charge in [0.25, 0.3) is 0 Å². The summed E-state index contributed by atoms with van der Waals surface area (Å²) in [5.74, 6) is 1.88. The van der Waals surface area contributed by atoms with E-state index in [1.54, 1.807) is 59.1 Å². The summed E-state index contributed by atoms with van der Waals surface area (Å²) in [5.41, 5.74) is 17.1. The van der Waals surface area contributed by atoms with Crippen LogP contribution in [0.2, 0.25) is 0 Å². The van der Waals surface area contributed by atoms with Crippen molar-refractivity contribution in [2.45, 2.75) is 98.1 Å². The Labute approximate surface area is 488 Å². The molecule has 10 aromatic rings. The lowest BCUT2D eigenvalue weighted by Crippen LogP contribution is -2.07. The van der Waals surface area contributed by atoms with E-state index in [2.05, 4.69) is 36.7 Å². The fourth-order valence-electron chi connectivity index (χ4n) is 9.93. The summed E-state index contributed by atoms with van der Waals surface area (Å²) in [5, 5.41) is 16.0. The first-order chi connectivity index (χ1) is 39.7. The Morgan fingerprint density at radius 1 is 0.573 bits per heavy atom. The first kappa shape index (κ1) is 56.7. The van der Waals surface area contributed by atoms with Gasteiger partial charge in [-0.1, -0.05) is 36.0 Å². The van der Waals surface area contributed by atoms with Gasteiger partial charge in [-0.25, -0.2) is 39.7 Å². The number of ketones is 2. The predicted octanol–water partition coefficient (Wildman–Crippen LogP) is 10.3. The third-order valence-corrected chi connectivity index (χ3v) is 18.5. The zero-order chi connectivity index (χ0) is 57.0. The minimum absolute atomic E-state index is 0.0618. The molecule has 14 rings (SSSR count). The van der Waals surface area contributed by atoms with Crippen molar-refractivity contribution in [1.82, 2.24) is 48.6 Å². The molecule has 0 amide bonds. The number of ether oxygens (including phenoxy) is 4. The van der Waals surface area contributed by atoms with Crippen molar-refractivity contribution in [3.8, 4) is 0 Å². The number of carboxylic acids is 1. The van der Waals surface area contributed by atoms with E-state index in [0.29, 0.717) is 61.9 Å². The Kier molecular flexibility index (Phi) is 17.4. The van der Waals surface area contributed by atoms with E-state index in [-0.39, 0.29) is 17.1 Å². The van der Waals surface area contributed by atoms with Crippen molar-refractivity contribution >= 4 is 112 Å². The number of carbonyl (C=O) groups excluding carboxylic acids is 2. The van der Waals surface area contributed by atoms with Crippen LogP contribution in [0.3, 0.4) is 0 Å². The molecule has 0 bridgehead atoms. The normalized spacial score (nSPS) is 14.4. The second-order valence-corrected chi connectivity index (χ2v) is 24.7. The number of aromatic carboxylic acids is 1. The van der Waals surface area contributed by atoms with Crippen LogP contribution in [-0.2, 0) is 105 Å². The first-order valence-corrected chi connectivity index (χ1v) is 30.4. The highest BCUT2D eigenvalue weighted by molar-refractivity contribution is 7.16. The largest absolute Gasteiger partial charge is 0.478 e. The van der Waals surface area contributed by atoms with Crippen LogP contribution in [-0.4, -0.2) is 97.7 Å². The molecule has 20 nitrogen and oxygen atoms in total. The summed E-state index contributed by atoms with van der Waals surface area (Å²) in [4.78, 5) is 71.9. The minimum Gasteiger partial charge on any atom is -0.478 e. The number of aryl methyl sites for hydroxylation is 3. The lowest BCUT2D eigenvalue weighted by molar-refractivity contribution is 0.0696. The van der Waals surface area contributed by atoms with Crippen LogP contribution in [0.1, 0.15) is 128 Å². The van der Waals surface area contributed by atoms with Crippen molar-refractivity contribution in [2.24, 2.45) is 21.1 Å². The zero-order valence-corrected chi connectivity index (χ0v) is 49.5. The summed E-state index contributed by atoms with van der Waals surface area (Å²) in [6.45, 7) is 9.35. The number of nitrogens with two attached hydrogens (primary N) is 1. The van der Waals surface area contributed by atoms with Gasteiger partial charge in [0.05, 0.1) is 147 Å². The molecule has 426 valence electrons. The molecule has 3 aromatic carbocycles. The highest BCUT2D eigenvalue weighted by atomic mass is 32.1. The van der Waals surface area contributed by atoms with Crippen molar-refractivity contribution < 1.29 is 38.4 Å². The molecule has 0 radical (unpaired) electrons. The second-order valence-electron chi connectivity index (χ2n) is 20.1. The molecule has 0 saturated carbocycles. The molecule has 0 saturated heterocycles. The van der Waals surface area contributed by atoms with Gasteiger partial charge in [0, 0.05) is 64.4 Å². The van der Waals surface area contributed by atoms with Crippen LogP contribution in [0.5, 0.6) is 0 Å². The summed E-state index contributed by atoms with van der Waals surface area (Å²) in [6, 6.07) is 16.5. The number of hydrogen-bond donors (Lipinski definition) is 3. The lowest BCUT2D eigenvalue weighted by atomic mass is 10.1. The van der Waals surface area contributed by atoms with Crippen LogP contribution < -0.4 is 11.1 Å². The molecule has 0 unspecified atom stereocenters. The number of carbonyl (C=O) groups is 3. The molecule has 11 heterocycles. The zero-order valence-electron chi connectivity index (χ0n) is 46.2. The SMILES string of the molecule is CC(=O)c1ccc2c(c1)nc(Cc1nc3c(s1)COCC3)n2C.CCCCC(=O)c1ccc2c(c1)nc(Nc1nc3c(s1)COCC3)n2C.Cn1c(Cc2nc3c(s2)COCC3)nc2cc(C(=O)O)ccc21.Nc1nc2c(s1)COCC2. The van der Waals surface area contributed by atoms with E-state index < -0.39 is 5.97 Å². The summed E-state index contributed by atoms with van der Waals surface area (Å²) in [7, 11) is 5.92. The van der Waals surface area contributed by atoms with Gasteiger partial charge in [-0.3, -0.25) is 9.59 Å². The van der Waals surface area contributed by atoms with Crippen molar-refractivity contribution in [3.63, 3.8) is 0 Å². The number of imidazole rings is 3. The molecule has 4 aliphatic heterocycles. The van der Waals surface area contributed by atoms with Crippen LogP contribution in [0.15, 0.2) is 54.6 Å². The van der Waals surface area contributed by atoms with E-state index in [1.165, 1.54) is 36.5 Å². The maximum atomic E-state index is 12.3. The number of nitrogens with one attached hydrogen (secondary N) is 1. The monoisotopic (exact) mass is 1180 g/mol. The van der Waals surface area contributed by atoms with Crippen LogP contribution >= 0.6 is 45.3 Å². The highest BCUT2D eigenvalue weighted by Crippen LogP contribution is 2.32. The first-order valence-electron chi connectivity index (χ1n) is 27.1. The number of nitrogens with zero attached hydrogens (tertiary/aromatic N) is 10. The minimum atomic E-state index is -0.938. The smallest absolute Gasteiger partial charge is 0.335 e. The Hall–Kier alpha value is -7.16. The number of aromatic nitrogens is 10. The molecular weight excluding hydrogens is 1120 g/mol. The van der Waals surface area contributed by atoms with Gasteiger partial charge >= 0.3 is 5.97 Å². The number of thiazole rings is 4. The molecular formula is C58H62N12O8S4. The van der Waals surface area contributed by atoms with Gasteiger partial charge < -0.3 is 48.8 Å². The maximum Gasteiger partial charge on any atom is 0.335 e. The Balaban J connectivity index is 0.000000119. The molecule has 7 aromatic heterocycles. The van der Waals surface area contributed by atoms with E-state index in [4.69, 9.17) is 44.7 Å². The Morgan fingerprint density at radius 2 is 1.02 bits per heavy atom. The van der Waals surface area contributed by atoms with Gasteiger partial charge in [-0.05, 0) is 67.9 Å². The van der Waals surface area contributed by atoms with E-state index in [9.17, 15) is 14.4 Å². The predicted molar refractivity (Wildman–Crippen MR) is 318 cm³/mol. The van der Waals surface area contributed by atoms with Crippen molar-refractivity contribution in [2.75, 3.05) is 37.5 Å². The summed E-state index contributed by atoms with van der Waals surface area (Å²) in [6.07, 6.45) is 7.43. The summed E-state index contributed by atoms with van der Waals surface area (Å²) >= 11 is 6.53. The van der Waals surface area contributed by atoms with E-state index >= 15 is 0 Å². The van der Waals surface area contributed by atoms with Gasteiger partial charge in [0.2, 0.25) is 5.95 Å². The highest BCUT2D eigenvalue weighted by Gasteiger charge is 2.22. The van der Waals surface area contributed by atoms with Gasteiger partial charge in [0.15, 0.2) is 21.8 Å². The number of fused-ring (bicyclic) bond motifs is 7. The molecule has 24 heteroatoms. The Bertz CT molecular complexity index is 3750. The molecule has 4 N–H and O–H groups in total. The van der Waals surface area contributed by atoms with Crippen LogP contribution in [0.25, 0.3) is 33.1 Å². The molecule has 82 heavy (non-hydrogen) atoms. The number of benzene rings is 3. The van der Waals surface area contributed by atoms with Crippen molar-refractivity contribution in [1.29, 1.82) is 0 Å². The molecule has 0 atom stereocenters. The fourth-order valence-corrected chi connectivity index (χ4v) is 13.8. The number of anilines is 3. The average Bonchev–Trinajstić information content (AvgIpc) is 4.28. The lowest BCUT2D eigenvalue weighted by Gasteiger charge is -2.08. The Morgan fingerprint density at radius 3 is 1.52 bits per heavy atom. The topological polar surface area (TPSA) is 251 Å². The second kappa shape index (κ2) is 25.1. The number of nitrogen functional groups attached to an aromatic ring is 1.